The van der Waals surface area contributed by atoms with Crippen molar-refractivity contribution in [1.82, 2.24) is 5.16 Å². The third-order valence-corrected chi connectivity index (χ3v) is 4.84. The highest BCUT2D eigenvalue weighted by Crippen LogP contribution is 2.39. The van der Waals surface area contributed by atoms with Crippen LogP contribution in [0.1, 0.15) is 19.8 Å². The van der Waals surface area contributed by atoms with Gasteiger partial charge in [-0.2, -0.15) is 0 Å². The number of primary sulfonamides is 1. The van der Waals surface area contributed by atoms with E-state index in [0.29, 0.717) is 23.8 Å². The number of aromatic nitrogens is 1. The maximum Gasteiger partial charge on any atom is 0.319 e. The predicted octanol–water partition coefficient (Wildman–Crippen LogP) is 3.83. The van der Waals surface area contributed by atoms with Crippen molar-refractivity contribution in [3.63, 3.8) is 0 Å². The zero-order valence-corrected chi connectivity index (χ0v) is 15.2. The van der Waals surface area contributed by atoms with Crippen LogP contribution in [-0.2, 0) is 10.0 Å². The van der Waals surface area contributed by atoms with Gasteiger partial charge < -0.3 is 9.26 Å². The molecule has 0 saturated heterocycles. The lowest BCUT2D eigenvalue weighted by molar-refractivity contribution is 0.212. The largest absolute Gasteiger partial charge is 0.463 e. The van der Waals surface area contributed by atoms with E-state index >= 15 is 0 Å². The molecule has 136 valence electrons. The fraction of sp³-hybridized carbons (Fsp3) is 0.211. The van der Waals surface area contributed by atoms with E-state index in [1.54, 1.807) is 12.1 Å². The molecule has 0 atom stereocenters. The summed E-state index contributed by atoms with van der Waals surface area (Å²) in [6, 6.07) is 15.9. The van der Waals surface area contributed by atoms with Gasteiger partial charge in [0, 0.05) is 5.56 Å². The van der Waals surface area contributed by atoms with Crippen molar-refractivity contribution >= 4 is 10.0 Å². The number of ether oxygens (including phenoxy) is 1. The van der Waals surface area contributed by atoms with Gasteiger partial charge in [-0.05, 0) is 24.1 Å². The Balaban J connectivity index is 2.06. The zero-order chi connectivity index (χ0) is 18.6. The Morgan fingerprint density at radius 3 is 2.35 bits per heavy atom. The van der Waals surface area contributed by atoms with Crippen LogP contribution in [0.25, 0.3) is 22.4 Å². The second-order valence-corrected chi connectivity index (χ2v) is 7.39. The Bertz CT molecular complexity index is 965. The van der Waals surface area contributed by atoms with Crippen molar-refractivity contribution in [1.29, 1.82) is 0 Å². The van der Waals surface area contributed by atoms with Crippen molar-refractivity contribution in [3.05, 3.63) is 54.6 Å². The first-order chi connectivity index (χ1) is 12.5. The van der Waals surface area contributed by atoms with E-state index in [-0.39, 0.29) is 4.90 Å². The molecule has 3 rings (SSSR count). The Morgan fingerprint density at radius 1 is 1.04 bits per heavy atom. The summed E-state index contributed by atoms with van der Waals surface area (Å²) in [6.45, 7) is 2.59. The van der Waals surface area contributed by atoms with Crippen molar-refractivity contribution in [3.8, 4) is 28.3 Å². The molecule has 0 aliphatic carbocycles. The maximum absolute atomic E-state index is 11.5. The van der Waals surface area contributed by atoms with Crippen LogP contribution < -0.4 is 9.88 Å². The second-order valence-electron chi connectivity index (χ2n) is 5.83. The van der Waals surface area contributed by atoms with Gasteiger partial charge in [0.05, 0.1) is 17.1 Å². The van der Waals surface area contributed by atoms with Crippen molar-refractivity contribution < 1.29 is 17.7 Å². The fourth-order valence-corrected chi connectivity index (χ4v) is 3.06. The molecule has 6 nitrogen and oxygen atoms in total. The molecule has 0 spiro atoms. The third kappa shape index (κ3) is 3.95. The van der Waals surface area contributed by atoms with E-state index in [0.717, 1.165) is 24.0 Å². The lowest BCUT2D eigenvalue weighted by Gasteiger charge is -2.07. The fourth-order valence-electron chi connectivity index (χ4n) is 2.54. The number of benzene rings is 2. The summed E-state index contributed by atoms with van der Waals surface area (Å²) in [7, 11) is -3.75. The van der Waals surface area contributed by atoms with E-state index in [9.17, 15) is 8.42 Å². The minimum Gasteiger partial charge on any atom is -0.463 e. The molecule has 1 aromatic heterocycles. The number of rotatable bonds is 7. The summed E-state index contributed by atoms with van der Waals surface area (Å²) in [5.41, 5.74) is 2.95. The third-order valence-electron chi connectivity index (χ3n) is 3.91. The van der Waals surface area contributed by atoms with E-state index in [1.807, 2.05) is 30.3 Å². The van der Waals surface area contributed by atoms with E-state index in [1.165, 1.54) is 12.1 Å². The number of nitrogens with zero attached hydrogens (tertiary/aromatic N) is 1. The van der Waals surface area contributed by atoms with Crippen LogP contribution in [0.3, 0.4) is 0 Å². The van der Waals surface area contributed by atoms with Gasteiger partial charge in [0.1, 0.15) is 5.69 Å². The quantitative estimate of drug-likeness (QED) is 0.636. The van der Waals surface area contributed by atoms with Gasteiger partial charge in [0.25, 0.3) is 0 Å². The van der Waals surface area contributed by atoms with Gasteiger partial charge in [-0.3, -0.25) is 0 Å². The molecule has 0 aliphatic rings. The molecule has 0 aliphatic heterocycles. The summed E-state index contributed by atoms with van der Waals surface area (Å²) >= 11 is 0. The van der Waals surface area contributed by atoms with Crippen molar-refractivity contribution in [2.75, 3.05) is 6.61 Å². The molecule has 0 unspecified atom stereocenters. The van der Waals surface area contributed by atoms with Crippen molar-refractivity contribution in [2.24, 2.45) is 5.14 Å². The SMILES string of the molecule is CCCCOc1onc(-c2ccccc2)c1-c1ccc(S(N)(=O)=O)cc1. The summed E-state index contributed by atoms with van der Waals surface area (Å²) in [5, 5.41) is 9.34. The van der Waals surface area contributed by atoms with Crippen LogP contribution in [0.4, 0.5) is 0 Å². The van der Waals surface area contributed by atoms with E-state index in [2.05, 4.69) is 12.1 Å². The molecule has 0 bridgehead atoms. The van der Waals surface area contributed by atoms with Crippen LogP contribution in [0.15, 0.2) is 64.0 Å². The normalized spacial score (nSPS) is 11.5. The summed E-state index contributed by atoms with van der Waals surface area (Å²) in [4.78, 5) is 0.0485. The average Bonchev–Trinajstić information content (AvgIpc) is 3.06. The average molecular weight is 372 g/mol. The number of unbranched alkanes of at least 4 members (excludes halogenated alkanes) is 1. The first-order valence-corrected chi connectivity index (χ1v) is 9.86. The monoisotopic (exact) mass is 372 g/mol. The molecule has 1 heterocycles. The van der Waals surface area contributed by atoms with Crippen LogP contribution in [-0.4, -0.2) is 20.2 Å². The molecule has 0 radical (unpaired) electrons. The molecular formula is C19H20N2O4S. The number of nitrogens with two attached hydrogens (primary N) is 1. The molecule has 0 saturated carbocycles. The van der Waals surface area contributed by atoms with Crippen molar-refractivity contribution in [2.45, 2.75) is 24.7 Å². The minimum atomic E-state index is -3.75. The van der Waals surface area contributed by atoms with Crippen LogP contribution >= 0.6 is 0 Å². The lowest BCUT2D eigenvalue weighted by Crippen LogP contribution is -2.11. The highest BCUT2D eigenvalue weighted by molar-refractivity contribution is 7.89. The highest BCUT2D eigenvalue weighted by atomic mass is 32.2. The molecular weight excluding hydrogens is 352 g/mol. The Kier molecular flexibility index (Phi) is 5.39. The standard InChI is InChI=1S/C19H20N2O4S/c1-2-3-13-24-19-17(14-9-11-16(12-10-14)26(20,22)23)18(21-25-19)15-7-5-4-6-8-15/h4-12H,2-3,13H2,1H3,(H2,20,22,23). The minimum absolute atomic E-state index is 0.0485. The van der Waals surface area contributed by atoms with Gasteiger partial charge in [0.2, 0.25) is 10.0 Å². The molecule has 0 fully saturated rings. The molecule has 26 heavy (non-hydrogen) atoms. The molecule has 2 aromatic carbocycles. The highest BCUT2D eigenvalue weighted by Gasteiger charge is 2.21. The lowest BCUT2D eigenvalue weighted by atomic mass is 10.0. The van der Waals surface area contributed by atoms with E-state index in [4.69, 9.17) is 14.4 Å². The molecule has 3 aromatic rings. The number of hydrogen-bond acceptors (Lipinski definition) is 5. The van der Waals surface area contributed by atoms with Gasteiger partial charge in [0.15, 0.2) is 0 Å². The summed E-state index contributed by atoms with van der Waals surface area (Å²) in [6.07, 6.45) is 1.89. The first-order valence-electron chi connectivity index (χ1n) is 8.32. The van der Waals surface area contributed by atoms with Gasteiger partial charge in [-0.15, -0.1) is 0 Å². The maximum atomic E-state index is 11.5. The second kappa shape index (κ2) is 7.72. The smallest absolute Gasteiger partial charge is 0.319 e. The Labute approximate surface area is 152 Å². The summed E-state index contributed by atoms with van der Waals surface area (Å²) in [5.74, 6) is 0.320. The van der Waals surface area contributed by atoms with Gasteiger partial charge >= 0.3 is 5.95 Å². The topological polar surface area (TPSA) is 95.4 Å². The number of hydrogen-bond donors (Lipinski definition) is 1. The predicted molar refractivity (Wildman–Crippen MR) is 99.2 cm³/mol. The van der Waals surface area contributed by atoms with Crippen LogP contribution in [0.5, 0.6) is 5.95 Å². The first kappa shape index (κ1) is 18.2. The van der Waals surface area contributed by atoms with Gasteiger partial charge in [-0.1, -0.05) is 61.0 Å². The molecule has 0 amide bonds. The summed E-state index contributed by atoms with van der Waals surface area (Å²) < 4.78 is 34.2. The Hall–Kier alpha value is -2.64. The van der Waals surface area contributed by atoms with Crippen LogP contribution in [0, 0.1) is 0 Å². The Morgan fingerprint density at radius 2 is 1.73 bits per heavy atom. The molecule has 2 N–H and O–H groups in total. The van der Waals surface area contributed by atoms with E-state index < -0.39 is 10.0 Å². The number of sulfonamides is 1. The van der Waals surface area contributed by atoms with Crippen LogP contribution in [0.2, 0.25) is 0 Å². The zero-order valence-electron chi connectivity index (χ0n) is 14.4. The van der Waals surface area contributed by atoms with Gasteiger partial charge in [-0.25, -0.2) is 13.6 Å². The molecule has 7 heteroatoms.